The second-order valence-electron chi connectivity index (χ2n) is 5.57. The van der Waals surface area contributed by atoms with Crippen LogP contribution >= 0.6 is 0 Å². The Balaban J connectivity index is 1.84. The molecule has 0 aliphatic heterocycles. The monoisotopic (exact) mass is 318 g/mol. The lowest BCUT2D eigenvalue weighted by Crippen LogP contribution is -2.08. The summed E-state index contributed by atoms with van der Waals surface area (Å²) in [6.45, 7) is 1.83. The zero-order valence-corrected chi connectivity index (χ0v) is 12.9. The molecule has 0 spiro atoms. The topological polar surface area (TPSA) is 72.4 Å². The van der Waals surface area contributed by atoms with Gasteiger partial charge in [0.25, 0.3) is 0 Å². The molecule has 1 aromatic carbocycles. The molecule has 0 amide bonds. The first kappa shape index (κ1) is 14.2. The van der Waals surface area contributed by atoms with E-state index >= 15 is 0 Å². The van der Waals surface area contributed by atoms with Crippen molar-refractivity contribution in [1.82, 2.24) is 19.2 Å². The highest BCUT2D eigenvalue weighted by Crippen LogP contribution is 2.23. The largest absolute Gasteiger partial charge is 0.503 e. The number of rotatable bonds is 2. The van der Waals surface area contributed by atoms with Crippen molar-refractivity contribution in [2.75, 3.05) is 0 Å². The van der Waals surface area contributed by atoms with Crippen LogP contribution in [0.1, 0.15) is 5.69 Å². The van der Waals surface area contributed by atoms with E-state index in [2.05, 4.69) is 10.1 Å². The van der Waals surface area contributed by atoms with Gasteiger partial charge < -0.3 is 9.67 Å². The van der Waals surface area contributed by atoms with E-state index in [0.717, 1.165) is 28.2 Å². The standard InChI is InChI=1S/C18H14N4O2/c1-12-7-16(23)17(24)10-21(12)15-4-2-3-13(8-15)14-5-6-18-19-11-20-22(18)9-14/h2-11,24H,1H3. The molecule has 0 fully saturated rings. The van der Waals surface area contributed by atoms with Crippen LogP contribution in [-0.4, -0.2) is 24.3 Å². The molecule has 6 nitrogen and oxygen atoms in total. The zero-order valence-electron chi connectivity index (χ0n) is 12.9. The molecule has 3 heterocycles. The van der Waals surface area contributed by atoms with Crippen LogP contribution in [0, 0.1) is 6.92 Å². The van der Waals surface area contributed by atoms with Crippen LogP contribution in [0.3, 0.4) is 0 Å². The predicted octanol–water partition coefficient (Wildman–Crippen LogP) is 2.56. The highest BCUT2D eigenvalue weighted by molar-refractivity contribution is 5.66. The fourth-order valence-electron chi connectivity index (χ4n) is 2.72. The lowest BCUT2D eigenvalue weighted by Gasteiger charge is -2.12. The SMILES string of the molecule is Cc1cc(=O)c(O)cn1-c1cccc(-c2ccc3ncnn3c2)c1. The van der Waals surface area contributed by atoms with Crippen molar-refractivity contribution in [3.05, 3.63) is 77.1 Å². The lowest BCUT2D eigenvalue weighted by molar-refractivity contribution is 0.465. The van der Waals surface area contributed by atoms with Crippen molar-refractivity contribution >= 4 is 5.65 Å². The first-order valence-corrected chi connectivity index (χ1v) is 7.44. The van der Waals surface area contributed by atoms with Crippen LogP contribution in [0.2, 0.25) is 0 Å². The van der Waals surface area contributed by atoms with E-state index in [9.17, 15) is 9.90 Å². The van der Waals surface area contributed by atoms with Crippen molar-refractivity contribution in [3.63, 3.8) is 0 Å². The van der Waals surface area contributed by atoms with Gasteiger partial charge >= 0.3 is 0 Å². The number of aromatic hydroxyl groups is 1. The number of fused-ring (bicyclic) bond motifs is 1. The van der Waals surface area contributed by atoms with Crippen molar-refractivity contribution in [3.8, 4) is 22.6 Å². The Kier molecular flexibility index (Phi) is 3.16. The predicted molar refractivity (Wildman–Crippen MR) is 90.4 cm³/mol. The fourth-order valence-corrected chi connectivity index (χ4v) is 2.72. The number of nitrogens with zero attached hydrogens (tertiary/aromatic N) is 4. The molecule has 0 saturated heterocycles. The molecule has 24 heavy (non-hydrogen) atoms. The smallest absolute Gasteiger partial charge is 0.223 e. The van der Waals surface area contributed by atoms with Gasteiger partial charge in [-0.25, -0.2) is 9.50 Å². The summed E-state index contributed by atoms with van der Waals surface area (Å²) in [6.07, 6.45) is 4.87. The number of pyridine rings is 2. The minimum absolute atomic E-state index is 0.268. The van der Waals surface area contributed by atoms with Gasteiger partial charge in [-0.2, -0.15) is 5.10 Å². The van der Waals surface area contributed by atoms with Gasteiger partial charge in [-0.1, -0.05) is 12.1 Å². The number of benzene rings is 1. The van der Waals surface area contributed by atoms with Gasteiger partial charge in [0.1, 0.15) is 6.33 Å². The van der Waals surface area contributed by atoms with Crippen molar-refractivity contribution < 1.29 is 5.11 Å². The van der Waals surface area contributed by atoms with Crippen LogP contribution in [0.5, 0.6) is 5.75 Å². The molecule has 0 aliphatic rings. The fraction of sp³-hybridized carbons (Fsp3) is 0.0556. The van der Waals surface area contributed by atoms with E-state index < -0.39 is 0 Å². The highest BCUT2D eigenvalue weighted by atomic mass is 16.3. The molecule has 3 aromatic heterocycles. The van der Waals surface area contributed by atoms with E-state index in [1.807, 2.05) is 49.5 Å². The summed E-state index contributed by atoms with van der Waals surface area (Å²) in [5, 5.41) is 13.9. The summed E-state index contributed by atoms with van der Waals surface area (Å²) >= 11 is 0. The molecule has 4 aromatic rings. The molecule has 0 unspecified atom stereocenters. The number of hydrogen-bond donors (Lipinski definition) is 1. The summed E-state index contributed by atoms with van der Waals surface area (Å²) in [7, 11) is 0. The Morgan fingerprint density at radius 2 is 1.92 bits per heavy atom. The van der Waals surface area contributed by atoms with Gasteiger partial charge in [0.05, 0.1) is 6.20 Å². The Bertz CT molecular complexity index is 1110. The first-order valence-electron chi connectivity index (χ1n) is 7.44. The third-order valence-electron chi connectivity index (χ3n) is 3.96. The van der Waals surface area contributed by atoms with Gasteiger partial charge in [-0.05, 0) is 36.8 Å². The van der Waals surface area contributed by atoms with Crippen molar-refractivity contribution in [2.24, 2.45) is 0 Å². The molecule has 118 valence electrons. The Labute approximate surface area is 137 Å². The number of aromatic nitrogens is 4. The quantitative estimate of drug-likeness (QED) is 0.616. The Morgan fingerprint density at radius 1 is 1.04 bits per heavy atom. The third-order valence-corrected chi connectivity index (χ3v) is 3.96. The van der Waals surface area contributed by atoms with E-state index in [1.54, 1.807) is 9.08 Å². The molecule has 0 saturated carbocycles. The summed E-state index contributed by atoms with van der Waals surface area (Å²) in [5.41, 5.74) is 4.02. The van der Waals surface area contributed by atoms with E-state index in [0.29, 0.717) is 0 Å². The van der Waals surface area contributed by atoms with Gasteiger partial charge in [-0.15, -0.1) is 0 Å². The minimum atomic E-state index is -0.378. The summed E-state index contributed by atoms with van der Waals surface area (Å²) in [4.78, 5) is 15.7. The lowest BCUT2D eigenvalue weighted by atomic mass is 10.1. The van der Waals surface area contributed by atoms with Crippen LogP contribution in [0.25, 0.3) is 22.5 Å². The van der Waals surface area contributed by atoms with E-state index in [4.69, 9.17) is 0 Å². The Morgan fingerprint density at radius 3 is 2.79 bits per heavy atom. The maximum Gasteiger partial charge on any atom is 0.223 e. The highest BCUT2D eigenvalue weighted by Gasteiger charge is 2.07. The van der Waals surface area contributed by atoms with E-state index in [-0.39, 0.29) is 11.2 Å². The molecular weight excluding hydrogens is 304 g/mol. The molecule has 4 rings (SSSR count). The Hall–Kier alpha value is -3.41. The second-order valence-corrected chi connectivity index (χ2v) is 5.57. The number of hydrogen-bond acceptors (Lipinski definition) is 4. The average molecular weight is 318 g/mol. The molecule has 1 N–H and O–H groups in total. The van der Waals surface area contributed by atoms with Crippen LogP contribution in [-0.2, 0) is 0 Å². The van der Waals surface area contributed by atoms with Crippen molar-refractivity contribution in [2.45, 2.75) is 6.92 Å². The van der Waals surface area contributed by atoms with Crippen LogP contribution in [0.15, 0.2) is 66.0 Å². The van der Waals surface area contributed by atoms with E-state index in [1.165, 1.54) is 18.6 Å². The summed E-state index contributed by atoms with van der Waals surface area (Å²) < 4.78 is 3.51. The molecule has 0 bridgehead atoms. The maximum atomic E-state index is 11.5. The van der Waals surface area contributed by atoms with Gasteiger partial charge in [0.2, 0.25) is 5.43 Å². The third kappa shape index (κ3) is 2.34. The number of aryl methyl sites for hydroxylation is 1. The van der Waals surface area contributed by atoms with Gasteiger partial charge in [0.15, 0.2) is 11.4 Å². The molecule has 0 aliphatic carbocycles. The molecular formula is C18H14N4O2. The molecule has 0 radical (unpaired) electrons. The molecule has 0 atom stereocenters. The van der Waals surface area contributed by atoms with Gasteiger partial charge in [-0.3, -0.25) is 4.79 Å². The summed E-state index contributed by atoms with van der Waals surface area (Å²) in [6, 6.07) is 13.2. The minimum Gasteiger partial charge on any atom is -0.503 e. The normalized spacial score (nSPS) is 11.0. The van der Waals surface area contributed by atoms with Crippen molar-refractivity contribution in [1.29, 1.82) is 0 Å². The molecule has 6 heteroatoms. The maximum absolute atomic E-state index is 11.5. The van der Waals surface area contributed by atoms with Gasteiger partial charge in [0, 0.05) is 29.2 Å². The van der Waals surface area contributed by atoms with Crippen LogP contribution in [0.4, 0.5) is 0 Å². The average Bonchev–Trinajstić information content (AvgIpc) is 3.06. The first-order chi connectivity index (χ1) is 11.6. The van der Waals surface area contributed by atoms with Crippen LogP contribution < -0.4 is 5.43 Å². The second kappa shape index (κ2) is 5.34. The summed E-state index contributed by atoms with van der Waals surface area (Å²) in [5.74, 6) is -0.268. The zero-order chi connectivity index (χ0) is 16.7.